The summed E-state index contributed by atoms with van der Waals surface area (Å²) in [6, 6.07) is 8.36. The van der Waals surface area contributed by atoms with E-state index < -0.39 is 0 Å². The molecule has 1 amide bonds. The lowest BCUT2D eigenvalue weighted by Crippen LogP contribution is -2.32. The topological polar surface area (TPSA) is 41.6 Å². The zero-order chi connectivity index (χ0) is 14.7. The van der Waals surface area contributed by atoms with E-state index >= 15 is 0 Å². The van der Waals surface area contributed by atoms with Gasteiger partial charge in [-0.05, 0) is 56.0 Å². The molecule has 2 atom stereocenters. The van der Waals surface area contributed by atoms with Crippen LogP contribution in [0.1, 0.15) is 37.3 Å². The Morgan fingerprint density at radius 3 is 3.10 bits per heavy atom. The van der Waals surface area contributed by atoms with Crippen molar-refractivity contribution >= 4 is 5.91 Å². The molecule has 1 aromatic rings. The highest BCUT2D eigenvalue weighted by atomic mass is 16.5. The summed E-state index contributed by atoms with van der Waals surface area (Å²) in [6.45, 7) is 2.93. The predicted molar refractivity (Wildman–Crippen MR) is 82.3 cm³/mol. The first-order valence-electron chi connectivity index (χ1n) is 7.92. The second kappa shape index (κ2) is 6.48. The summed E-state index contributed by atoms with van der Waals surface area (Å²) in [5.74, 6) is 1.70. The van der Waals surface area contributed by atoms with Gasteiger partial charge in [0, 0.05) is 13.0 Å². The van der Waals surface area contributed by atoms with E-state index in [0.29, 0.717) is 18.2 Å². The first-order chi connectivity index (χ1) is 10.3. The Hall–Kier alpha value is -1.55. The minimum absolute atomic E-state index is 0.224. The number of benzene rings is 1. The molecule has 1 aromatic carbocycles. The Morgan fingerprint density at radius 1 is 1.43 bits per heavy atom. The van der Waals surface area contributed by atoms with E-state index in [0.717, 1.165) is 44.6 Å². The van der Waals surface area contributed by atoms with E-state index in [1.165, 1.54) is 5.56 Å². The standard InChI is InChI=1S/C17H24N2O2/c1-21-15-5-2-4-14(11-15)16-6-3-9-19(16)17(20)10-13-7-8-18-12-13/h2,4-5,11,13,16,18H,3,6-10,12H2,1H3. The number of ether oxygens (including phenoxy) is 1. The number of amides is 1. The number of nitrogens with zero attached hydrogens (tertiary/aromatic N) is 1. The van der Waals surface area contributed by atoms with Crippen molar-refractivity contribution < 1.29 is 9.53 Å². The molecule has 114 valence electrons. The van der Waals surface area contributed by atoms with Gasteiger partial charge in [-0.15, -0.1) is 0 Å². The van der Waals surface area contributed by atoms with Gasteiger partial charge < -0.3 is 15.0 Å². The van der Waals surface area contributed by atoms with Gasteiger partial charge in [-0.1, -0.05) is 12.1 Å². The van der Waals surface area contributed by atoms with Gasteiger partial charge in [-0.3, -0.25) is 4.79 Å². The molecule has 2 fully saturated rings. The van der Waals surface area contributed by atoms with Crippen LogP contribution in [0.4, 0.5) is 0 Å². The maximum Gasteiger partial charge on any atom is 0.223 e. The fraction of sp³-hybridized carbons (Fsp3) is 0.588. The van der Waals surface area contributed by atoms with Gasteiger partial charge in [-0.25, -0.2) is 0 Å². The first-order valence-corrected chi connectivity index (χ1v) is 7.92. The molecule has 2 saturated heterocycles. The lowest BCUT2D eigenvalue weighted by molar-refractivity contribution is -0.133. The number of hydrogen-bond donors (Lipinski definition) is 1. The highest BCUT2D eigenvalue weighted by Gasteiger charge is 2.31. The number of carbonyl (C=O) groups excluding carboxylic acids is 1. The third kappa shape index (κ3) is 3.21. The molecule has 0 radical (unpaired) electrons. The smallest absolute Gasteiger partial charge is 0.223 e. The minimum Gasteiger partial charge on any atom is -0.497 e. The van der Waals surface area contributed by atoms with Crippen LogP contribution >= 0.6 is 0 Å². The summed E-state index contributed by atoms with van der Waals surface area (Å²) in [7, 11) is 1.68. The molecule has 2 unspecified atom stereocenters. The zero-order valence-corrected chi connectivity index (χ0v) is 12.7. The Labute approximate surface area is 126 Å². The van der Waals surface area contributed by atoms with E-state index in [1.807, 2.05) is 12.1 Å². The third-order valence-corrected chi connectivity index (χ3v) is 4.68. The molecule has 0 saturated carbocycles. The van der Waals surface area contributed by atoms with Crippen LogP contribution in [-0.2, 0) is 4.79 Å². The minimum atomic E-state index is 0.224. The molecule has 0 bridgehead atoms. The van der Waals surface area contributed by atoms with Gasteiger partial charge in [-0.2, -0.15) is 0 Å². The van der Waals surface area contributed by atoms with Crippen LogP contribution in [0.25, 0.3) is 0 Å². The van der Waals surface area contributed by atoms with Crippen LogP contribution in [-0.4, -0.2) is 37.6 Å². The van der Waals surface area contributed by atoms with E-state index in [-0.39, 0.29) is 6.04 Å². The Balaban J connectivity index is 1.70. The van der Waals surface area contributed by atoms with Crippen LogP contribution in [0.2, 0.25) is 0 Å². The summed E-state index contributed by atoms with van der Waals surface area (Å²) < 4.78 is 5.31. The molecule has 0 aromatic heterocycles. The van der Waals surface area contributed by atoms with E-state index in [2.05, 4.69) is 22.3 Å². The second-order valence-electron chi connectivity index (χ2n) is 6.08. The highest BCUT2D eigenvalue weighted by molar-refractivity contribution is 5.77. The van der Waals surface area contributed by atoms with Gasteiger partial charge in [0.25, 0.3) is 0 Å². The fourth-order valence-corrected chi connectivity index (χ4v) is 3.51. The van der Waals surface area contributed by atoms with Gasteiger partial charge >= 0.3 is 0 Å². The van der Waals surface area contributed by atoms with Crippen molar-refractivity contribution in [1.29, 1.82) is 0 Å². The fourth-order valence-electron chi connectivity index (χ4n) is 3.51. The van der Waals surface area contributed by atoms with Crippen molar-refractivity contribution in [2.24, 2.45) is 5.92 Å². The largest absolute Gasteiger partial charge is 0.497 e. The molecular formula is C17H24N2O2. The van der Waals surface area contributed by atoms with E-state index in [1.54, 1.807) is 7.11 Å². The maximum absolute atomic E-state index is 12.6. The van der Waals surface area contributed by atoms with Crippen molar-refractivity contribution in [1.82, 2.24) is 10.2 Å². The molecule has 21 heavy (non-hydrogen) atoms. The quantitative estimate of drug-likeness (QED) is 0.925. The van der Waals surface area contributed by atoms with Crippen molar-refractivity contribution in [3.63, 3.8) is 0 Å². The normalized spacial score (nSPS) is 25.3. The number of carbonyl (C=O) groups is 1. The monoisotopic (exact) mass is 288 g/mol. The number of rotatable bonds is 4. The van der Waals surface area contributed by atoms with Crippen molar-refractivity contribution in [2.45, 2.75) is 31.7 Å². The highest BCUT2D eigenvalue weighted by Crippen LogP contribution is 2.34. The van der Waals surface area contributed by atoms with Gasteiger partial charge in [0.15, 0.2) is 0 Å². The number of methoxy groups -OCH3 is 1. The molecular weight excluding hydrogens is 264 g/mol. The van der Waals surface area contributed by atoms with Crippen molar-refractivity contribution in [3.05, 3.63) is 29.8 Å². The summed E-state index contributed by atoms with van der Waals surface area (Å²) in [5.41, 5.74) is 1.20. The average Bonchev–Trinajstić information content (AvgIpc) is 3.18. The van der Waals surface area contributed by atoms with Crippen LogP contribution < -0.4 is 10.1 Å². The average molecular weight is 288 g/mol. The predicted octanol–water partition coefficient (Wildman–Crippen LogP) is 2.36. The first kappa shape index (κ1) is 14.4. The molecule has 1 N–H and O–H groups in total. The lowest BCUT2D eigenvalue weighted by atomic mass is 10.0. The van der Waals surface area contributed by atoms with Crippen molar-refractivity contribution in [3.8, 4) is 5.75 Å². The zero-order valence-electron chi connectivity index (χ0n) is 12.7. The van der Waals surface area contributed by atoms with E-state index in [4.69, 9.17) is 4.74 Å². The van der Waals surface area contributed by atoms with Gasteiger partial charge in [0.2, 0.25) is 5.91 Å². The van der Waals surface area contributed by atoms with Crippen LogP contribution in [0.3, 0.4) is 0 Å². The van der Waals surface area contributed by atoms with Gasteiger partial charge in [0.05, 0.1) is 13.2 Å². The van der Waals surface area contributed by atoms with Crippen LogP contribution in [0.15, 0.2) is 24.3 Å². The third-order valence-electron chi connectivity index (χ3n) is 4.68. The maximum atomic E-state index is 12.6. The molecule has 2 heterocycles. The molecule has 0 spiro atoms. The summed E-state index contributed by atoms with van der Waals surface area (Å²) in [6.07, 6.45) is 3.97. The lowest BCUT2D eigenvalue weighted by Gasteiger charge is -2.26. The SMILES string of the molecule is COc1cccc(C2CCCN2C(=O)CC2CCNC2)c1. The molecule has 4 heteroatoms. The number of likely N-dealkylation sites (tertiary alicyclic amines) is 1. The Bertz CT molecular complexity index is 497. The summed E-state index contributed by atoms with van der Waals surface area (Å²) in [5, 5.41) is 3.34. The van der Waals surface area contributed by atoms with Crippen molar-refractivity contribution in [2.75, 3.05) is 26.7 Å². The molecule has 4 nitrogen and oxygen atoms in total. The second-order valence-corrected chi connectivity index (χ2v) is 6.08. The molecule has 2 aliphatic heterocycles. The summed E-state index contributed by atoms with van der Waals surface area (Å²) in [4.78, 5) is 14.7. The Morgan fingerprint density at radius 2 is 2.33 bits per heavy atom. The molecule has 0 aliphatic carbocycles. The van der Waals surface area contributed by atoms with Crippen LogP contribution in [0.5, 0.6) is 5.75 Å². The Kier molecular flexibility index (Phi) is 4.44. The van der Waals surface area contributed by atoms with E-state index in [9.17, 15) is 4.79 Å². The molecule has 2 aliphatic rings. The molecule has 3 rings (SSSR count). The number of nitrogens with one attached hydrogen (secondary N) is 1. The number of hydrogen-bond acceptors (Lipinski definition) is 3. The van der Waals surface area contributed by atoms with Gasteiger partial charge in [0.1, 0.15) is 5.75 Å². The van der Waals surface area contributed by atoms with Crippen LogP contribution in [0, 0.1) is 5.92 Å². The summed E-state index contributed by atoms with van der Waals surface area (Å²) >= 11 is 0.